The Morgan fingerprint density at radius 1 is 1.07 bits per heavy atom. The van der Waals surface area contributed by atoms with Crippen molar-refractivity contribution in [2.45, 2.75) is 26.8 Å². The second kappa shape index (κ2) is 7.86. The maximum atomic E-state index is 12.7. The molecule has 1 atom stereocenters. The van der Waals surface area contributed by atoms with Gasteiger partial charge in [-0.15, -0.1) is 0 Å². The minimum atomic E-state index is -0.680. The number of amides is 2. The molecule has 0 aliphatic carbocycles. The minimum absolute atomic E-state index is 0.195. The van der Waals surface area contributed by atoms with Crippen LogP contribution in [0.4, 0.5) is 11.5 Å². The molecule has 2 N–H and O–H groups in total. The van der Waals surface area contributed by atoms with Crippen LogP contribution in [0.1, 0.15) is 19.4 Å². The highest BCUT2D eigenvalue weighted by Gasteiger charge is 2.26. The number of para-hydroxylation sites is 1. The average molecular weight is 362 g/mol. The van der Waals surface area contributed by atoms with E-state index in [1.165, 1.54) is 11.8 Å². The number of carbonyl (C=O) groups is 2. The number of hydrogen-bond acceptors (Lipinski definition) is 3. The zero-order chi connectivity index (χ0) is 19.4. The van der Waals surface area contributed by atoms with E-state index in [-0.39, 0.29) is 11.8 Å². The van der Waals surface area contributed by atoms with E-state index in [4.69, 9.17) is 0 Å². The van der Waals surface area contributed by atoms with Crippen molar-refractivity contribution < 1.29 is 9.59 Å². The molecule has 0 bridgehead atoms. The van der Waals surface area contributed by atoms with Gasteiger partial charge in [0.25, 0.3) is 0 Å². The molecule has 1 heterocycles. The molecular formula is C21H22N4O2. The van der Waals surface area contributed by atoms with Crippen LogP contribution < -0.4 is 10.2 Å². The Labute approximate surface area is 158 Å². The zero-order valence-electron chi connectivity index (χ0n) is 15.6. The number of hydrogen-bond donors (Lipinski definition) is 2. The standard InChI is InChI=1S/C21H22N4O2/c1-14-9-7-8-12-19(14)25(16(3)26)15(2)21(27)22-20-13-18(23-24-20)17-10-5-4-6-11-17/h4-13,15H,1-3H3,(H2,22,23,24,27). The molecular weight excluding hydrogens is 340 g/mol. The molecule has 1 unspecified atom stereocenters. The van der Waals surface area contributed by atoms with E-state index in [0.717, 1.165) is 22.5 Å². The molecule has 6 heteroatoms. The van der Waals surface area contributed by atoms with Crippen LogP contribution in [-0.4, -0.2) is 28.1 Å². The van der Waals surface area contributed by atoms with Crippen molar-refractivity contribution >= 4 is 23.3 Å². The van der Waals surface area contributed by atoms with Crippen LogP contribution in [0.15, 0.2) is 60.7 Å². The van der Waals surface area contributed by atoms with E-state index in [9.17, 15) is 9.59 Å². The Kier molecular flexibility index (Phi) is 5.35. The molecule has 0 saturated carbocycles. The first-order valence-corrected chi connectivity index (χ1v) is 8.74. The second-order valence-corrected chi connectivity index (χ2v) is 6.37. The summed E-state index contributed by atoms with van der Waals surface area (Å²) in [6, 6.07) is 18.3. The van der Waals surface area contributed by atoms with Crippen molar-refractivity contribution in [3.63, 3.8) is 0 Å². The lowest BCUT2D eigenvalue weighted by Crippen LogP contribution is -2.45. The number of aryl methyl sites for hydroxylation is 1. The van der Waals surface area contributed by atoms with Crippen LogP contribution >= 0.6 is 0 Å². The summed E-state index contributed by atoms with van der Waals surface area (Å²) in [5.41, 5.74) is 3.43. The number of H-pyrrole nitrogens is 1. The first kappa shape index (κ1) is 18.4. The normalized spacial score (nSPS) is 11.7. The zero-order valence-corrected chi connectivity index (χ0v) is 15.6. The lowest BCUT2D eigenvalue weighted by molar-refractivity contribution is -0.122. The van der Waals surface area contributed by atoms with Gasteiger partial charge in [0.2, 0.25) is 11.8 Å². The third-order valence-corrected chi connectivity index (χ3v) is 4.39. The van der Waals surface area contributed by atoms with Crippen molar-refractivity contribution in [1.29, 1.82) is 0 Å². The number of nitrogens with zero attached hydrogens (tertiary/aromatic N) is 2. The highest BCUT2D eigenvalue weighted by Crippen LogP contribution is 2.23. The largest absolute Gasteiger partial charge is 0.307 e. The minimum Gasteiger partial charge on any atom is -0.307 e. The highest BCUT2D eigenvalue weighted by atomic mass is 16.2. The van der Waals surface area contributed by atoms with Gasteiger partial charge < -0.3 is 10.2 Å². The fourth-order valence-electron chi connectivity index (χ4n) is 2.98. The van der Waals surface area contributed by atoms with Gasteiger partial charge in [0, 0.05) is 18.7 Å². The third kappa shape index (κ3) is 4.06. The van der Waals surface area contributed by atoms with Crippen molar-refractivity contribution in [2.75, 3.05) is 10.2 Å². The Morgan fingerprint density at radius 2 is 1.74 bits per heavy atom. The Bertz CT molecular complexity index is 950. The van der Waals surface area contributed by atoms with Crippen molar-refractivity contribution in [3.05, 3.63) is 66.2 Å². The van der Waals surface area contributed by atoms with Crippen LogP contribution in [-0.2, 0) is 9.59 Å². The van der Waals surface area contributed by atoms with E-state index in [0.29, 0.717) is 5.82 Å². The molecule has 0 fully saturated rings. The van der Waals surface area contributed by atoms with Crippen molar-refractivity contribution in [3.8, 4) is 11.3 Å². The number of aromatic amines is 1. The molecule has 1 aromatic heterocycles. The summed E-state index contributed by atoms with van der Waals surface area (Å²) in [4.78, 5) is 26.4. The molecule has 2 amide bonds. The maximum Gasteiger partial charge on any atom is 0.248 e. The predicted molar refractivity (Wildman–Crippen MR) is 106 cm³/mol. The summed E-state index contributed by atoms with van der Waals surface area (Å²) in [6.07, 6.45) is 0. The van der Waals surface area contributed by atoms with Gasteiger partial charge in [-0.2, -0.15) is 5.10 Å². The molecule has 0 aliphatic rings. The molecule has 0 spiro atoms. The number of anilines is 2. The number of nitrogens with one attached hydrogen (secondary N) is 2. The first-order valence-electron chi connectivity index (χ1n) is 8.74. The van der Waals surface area contributed by atoms with Gasteiger partial charge in [-0.25, -0.2) is 0 Å². The quantitative estimate of drug-likeness (QED) is 0.725. The summed E-state index contributed by atoms with van der Waals surface area (Å²) in [5.74, 6) is -0.0856. The van der Waals surface area contributed by atoms with Gasteiger partial charge in [-0.1, -0.05) is 48.5 Å². The molecule has 0 radical (unpaired) electrons. The molecule has 3 rings (SSSR count). The highest BCUT2D eigenvalue weighted by molar-refractivity contribution is 6.04. The predicted octanol–water partition coefficient (Wildman–Crippen LogP) is 3.77. The Morgan fingerprint density at radius 3 is 2.41 bits per heavy atom. The number of aromatic nitrogens is 2. The summed E-state index contributed by atoms with van der Waals surface area (Å²) < 4.78 is 0. The number of benzene rings is 2. The molecule has 27 heavy (non-hydrogen) atoms. The lowest BCUT2D eigenvalue weighted by atomic mass is 10.1. The third-order valence-electron chi connectivity index (χ3n) is 4.39. The fourth-order valence-corrected chi connectivity index (χ4v) is 2.98. The van der Waals surface area contributed by atoms with Gasteiger partial charge in [0.1, 0.15) is 6.04 Å². The van der Waals surface area contributed by atoms with Gasteiger partial charge in [0.05, 0.1) is 5.69 Å². The van der Waals surface area contributed by atoms with E-state index in [1.54, 1.807) is 13.0 Å². The molecule has 0 saturated heterocycles. The van der Waals surface area contributed by atoms with Gasteiger partial charge >= 0.3 is 0 Å². The fraction of sp³-hybridized carbons (Fsp3) is 0.190. The Hall–Kier alpha value is -3.41. The molecule has 0 aliphatic heterocycles. The smallest absolute Gasteiger partial charge is 0.248 e. The first-order chi connectivity index (χ1) is 13.0. The summed E-state index contributed by atoms with van der Waals surface area (Å²) in [5, 5.41) is 9.84. The van der Waals surface area contributed by atoms with E-state index in [2.05, 4.69) is 15.5 Å². The van der Waals surface area contributed by atoms with Crippen molar-refractivity contribution in [1.82, 2.24) is 10.2 Å². The Balaban J connectivity index is 1.78. The summed E-state index contributed by atoms with van der Waals surface area (Å²) >= 11 is 0. The lowest BCUT2D eigenvalue weighted by Gasteiger charge is -2.28. The van der Waals surface area contributed by atoms with E-state index in [1.807, 2.05) is 61.5 Å². The average Bonchev–Trinajstić information content (AvgIpc) is 3.12. The second-order valence-electron chi connectivity index (χ2n) is 6.37. The van der Waals surface area contributed by atoms with Gasteiger partial charge in [0.15, 0.2) is 5.82 Å². The topological polar surface area (TPSA) is 78.1 Å². The molecule has 6 nitrogen and oxygen atoms in total. The molecule has 3 aromatic rings. The van der Waals surface area contributed by atoms with Crippen LogP contribution in [0.5, 0.6) is 0 Å². The van der Waals surface area contributed by atoms with Crippen LogP contribution in [0.25, 0.3) is 11.3 Å². The number of rotatable bonds is 5. The van der Waals surface area contributed by atoms with E-state index >= 15 is 0 Å². The van der Waals surface area contributed by atoms with Gasteiger partial charge in [-0.05, 0) is 31.0 Å². The summed E-state index contributed by atoms with van der Waals surface area (Å²) in [6.45, 7) is 5.07. The maximum absolute atomic E-state index is 12.7. The molecule has 2 aromatic carbocycles. The SMILES string of the molecule is CC(=O)N(c1ccccc1C)C(C)C(=O)Nc1cc(-c2ccccc2)[nH]n1. The monoisotopic (exact) mass is 362 g/mol. The number of carbonyl (C=O) groups excluding carboxylic acids is 2. The van der Waals surface area contributed by atoms with Crippen LogP contribution in [0, 0.1) is 6.92 Å². The summed E-state index contributed by atoms with van der Waals surface area (Å²) in [7, 11) is 0. The van der Waals surface area contributed by atoms with E-state index < -0.39 is 6.04 Å². The van der Waals surface area contributed by atoms with Crippen LogP contribution in [0.2, 0.25) is 0 Å². The molecule has 138 valence electrons. The van der Waals surface area contributed by atoms with Crippen molar-refractivity contribution in [2.24, 2.45) is 0 Å². The van der Waals surface area contributed by atoms with Gasteiger partial charge in [-0.3, -0.25) is 14.7 Å². The van der Waals surface area contributed by atoms with Crippen LogP contribution in [0.3, 0.4) is 0 Å².